The molecule has 0 radical (unpaired) electrons. The summed E-state index contributed by atoms with van der Waals surface area (Å²) in [6.45, 7) is 0. The Balaban J connectivity index is 2.44. The predicted octanol–water partition coefficient (Wildman–Crippen LogP) is 3.78. The third kappa shape index (κ3) is 2.77. The van der Waals surface area contributed by atoms with E-state index in [-0.39, 0.29) is 6.42 Å². The van der Waals surface area contributed by atoms with Gasteiger partial charge in [0.05, 0.1) is 5.41 Å². The van der Waals surface area contributed by atoms with E-state index in [2.05, 4.69) is 0 Å². The van der Waals surface area contributed by atoms with E-state index in [4.69, 9.17) is 0 Å². The van der Waals surface area contributed by atoms with Crippen LogP contribution < -0.4 is 0 Å². The van der Waals surface area contributed by atoms with Crippen LogP contribution in [0, 0.1) is 0 Å². The van der Waals surface area contributed by atoms with E-state index >= 15 is 0 Å². The van der Waals surface area contributed by atoms with Gasteiger partial charge in [0.2, 0.25) is 6.43 Å². The van der Waals surface area contributed by atoms with Crippen LogP contribution in [0.25, 0.3) is 0 Å². The van der Waals surface area contributed by atoms with E-state index in [0.717, 1.165) is 19.3 Å². The summed E-state index contributed by atoms with van der Waals surface area (Å²) in [6.07, 6.45) is 0.975. The summed E-state index contributed by atoms with van der Waals surface area (Å²) >= 11 is 0. The number of benzene rings is 1. The second-order valence-corrected chi connectivity index (χ2v) is 5.20. The molecule has 1 fully saturated rings. The van der Waals surface area contributed by atoms with Crippen molar-refractivity contribution in [1.82, 2.24) is 0 Å². The lowest BCUT2D eigenvalue weighted by molar-refractivity contribution is -0.145. The van der Waals surface area contributed by atoms with E-state index in [1.54, 1.807) is 24.3 Å². The molecular weight excluding hydrogens is 250 g/mol. The molecule has 0 saturated heterocycles. The summed E-state index contributed by atoms with van der Waals surface area (Å²) in [4.78, 5) is 11.7. The number of aliphatic carboxylic acids is 1. The van der Waals surface area contributed by atoms with E-state index in [1.165, 1.54) is 0 Å². The zero-order valence-electron chi connectivity index (χ0n) is 10.7. The van der Waals surface area contributed by atoms with Crippen LogP contribution in [0.15, 0.2) is 24.3 Å². The smallest absolute Gasteiger partial charge is 0.314 e. The first-order valence-electron chi connectivity index (χ1n) is 6.66. The third-order valence-corrected chi connectivity index (χ3v) is 4.02. The van der Waals surface area contributed by atoms with Crippen molar-refractivity contribution in [2.45, 2.75) is 50.4 Å². The highest BCUT2D eigenvalue weighted by atomic mass is 19.3. The topological polar surface area (TPSA) is 37.3 Å². The highest BCUT2D eigenvalue weighted by Gasteiger charge is 2.42. The van der Waals surface area contributed by atoms with Crippen LogP contribution in [0.2, 0.25) is 0 Å². The Labute approximate surface area is 111 Å². The molecule has 0 spiro atoms. The highest BCUT2D eigenvalue weighted by Crippen LogP contribution is 2.41. The average Bonchev–Trinajstić information content (AvgIpc) is 2.39. The number of halogens is 2. The van der Waals surface area contributed by atoms with Gasteiger partial charge in [0.25, 0.3) is 0 Å². The molecule has 2 nitrogen and oxygen atoms in total. The van der Waals surface area contributed by atoms with Crippen LogP contribution in [0.3, 0.4) is 0 Å². The molecule has 1 N–H and O–H groups in total. The number of carboxylic acid groups (broad SMARTS) is 1. The molecule has 0 atom stereocenters. The lowest BCUT2D eigenvalue weighted by Gasteiger charge is -2.35. The predicted molar refractivity (Wildman–Crippen MR) is 68.5 cm³/mol. The Morgan fingerprint density at radius 1 is 1.21 bits per heavy atom. The van der Waals surface area contributed by atoms with E-state index in [9.17, 15) is 18.7 Å². The first kappa shape index (κ1) is 14.0. The summed E-state index contributed by atoms with van der Waals surface area (Å²) in [5.74, 6) is -0.881. The molecule has 1 aliphatic carbocycles. The van der Waals surface area contributed by atoms with Gasteiger partial charge in [0, 0.05) is 6.42 Å². The molecule has 0 heterocycles. The second kappa shape index (κ2) is 5.68. The molecule has 0 bridgehead atoms. The molecule has 1 aromatic rings. The van der Waals surface area contributed by atoms with E-state index < -0.39 is 17.8 Å². The molecule has 2 rings (SSSR count). The first-order valence-corrected chi connectivity index (χ1v) is 6.66. The van der Waals surface area contributed by atoms with Crippen molar-refractivity contribution >= 4 is 5.97 Å². The quantitative estimate of drug-likeness (QED) is 0.902. The molecule has 0 amide bonds. The van der Waals surface area contributed by atoms with Crippen molar-refractivity contribution in [1.29, 1.82) is 0 Å². The van der Waals surface area contributed by atoms with Gasteiger partial charge in [-0.25, -0.2) is 8.78 Å². The van der Waals surface area contributed by atoms with Gasteiger partial charge in [-0.1, -0.05) is 43.5 Å². The molecule has 0 unspecified atom stereocenters. The van der Waals surface area contributed by atoms with Gasteiger partial charge in [-0.2, -0.15) is 0 Å². The molecule has 1 aliphatic rings. The Morgan fingerprint density at radius 2 is 1.84 bits per heavy atom. The number of carboxylic acids is 1. The molecule has 104 valence electrons. The maximum Gasteiger partial charge on any atom is 0.314 e. The Bertz CT molecular complexity index is 451. The lowest BCUT2D eigenvalue weighted by Crippen LogP contribution is -2.38. The van der Waals surface area contributed by atoms with Crippen LogP contribution in [-0.2, 0) is 16.6 Å². The minimum atomic E-state index is -2.45. The lowest BCUT2D eigenvalue weighted by atomic mass is 9.68. The summed E-state index contributed by atoms with van der Waals surface area (Å²) in [7, 11) is 0. The van der Waals surface area contributed by atoms with Crippen molar-refractivity contribution in [3.63, 3.8) is 0 Å². The SMILES string of the molecule is O=C(O)C1(c2ccccc2CC(F)F)CCCCC1. The normalized spacial score (nSPS) is 18.5. The van der Waals surface area contributed by atoms with Gasteiger partial charge in [-0.15, -0.1) is 0 Å². The van der Waals surface area contributed by atoms with Gasteiger partial charge in [0.15, 0.2) is 0 Å². The number of rotatable bonds is 4. The van der Waals surface area contributed by atoms with Crippen LogP contribution in [0.1, 0.15) is 43.2 Å². The van der Waals surface area contributed by atoms with Gasteiger partial charge in [-0.05, 0) is 24.0 Å². The molecular formula is C15H18F2O2. The van der Waals surface area contributed by atoms with Crippen molar-refractivity contribution < 1.29 is 18.7 Å². The molecule has 1 aromatic carbocycles. The third-order valence-electron chi connectivity index (χ3n) is 4.02. The molecule has 0 aromatic heterocycles. The standard InChI is InChI=1S/C15H18F2O2/c16-13(17)10-11-6-2-3-7-12(11)15(14(18)19)8-4-1-5-9-15/h2-3,6-7,13H,1,4-5,8-10H2,(H,18,19). The van der Waals surface area contributed by atoms with Crippen molar-refractivity contribution in [3.05, 3.63) is 35.4 Å². The van der Waals surface area contributed by atoms with E-state index in [1.807, 2.05) is 0 Å². The number of hydrogen-bond acceptors (Lipinski definition) is 1. The number of carbonyl (C=O) groups is 1. The van der Waals surface area contributed by atoms with Gasteiger partial charge in [0.1, 0.15) is 0 Å². The number of alkyl halides is 2. The van der Waals surface area contributed by atoms with E-state index in [0.29, 0.717) is 24.0 Å². The van der Waals surface area contributed by atoms with Gasteiger partial charge >= 0.3 is 5.97 Å². The zero-order chi connectivity index (χ0) is 13.9. The second-order valence-electron chi connectivity index (χ2n) is 5.20. The fourth-order valence-electron chi connectivity index (χ4n) is 3.09. The molecule has 1 saturated carbocycles. The number of hydrogen-bond donors (Lipinski definition) is 1. The fourth-order valence-corrected chi connectivity index (χ4v) is 3.09. The maximum absolute atomic E-state index is 12.6. The van der Waals surface area contributed by atoms with Gasteiger partial charge in [-0.3, -0.25) is 4.79 Å². The monoisotopic (exact) mass is 268 g/mol. The zero-order valence-corrected chi connectivity index (χ0v) is 10.7. The van der Waals surface area contributed by atoms with Crippen molar-refractivity contribution in [3.8, 4) is 0 Å². The van der Waals surface area contributed by atoms with Crippen molar-refractivity contribution in [2.24, 2.45) is 0 Å². The average molecular weight is 268 g/mol. The minimum absolute atomic E-state index is 0.370. The largest absolute Gasteiger partial charge is 0.481 e. The molecule has 4 heteroatoms. The van der Waals surface area contributed by atoms with Crippen LogP contribution in [0.4, 0.5) is 8.78 Å². The summed E-state index contributed by atoms with van der Waals surface area (Å²) in [6, 6.07) is 6.77. The summed E-state index contributed by atoms with van der Waals surface area (Å²) in [5.41, 5.74) is 0.0910. The van der Waals surface area contributed by atoms with Crippen LogP contribution in [-0.4, -0.2) is 17.5 Å². The highest BCUT2D eigenvalue weighted by molar-refractivity contribution is 5.82. The summed E-state index contributed by atoms with van der Waals surface area (Å²) < 4.78 is 25.3. The fraction of sp³-hybridized carbons (Fsp3) is 0.533. The Morgan fingerprint density at radius 3 is 2.42 bits per heavy atom. The molecule has 0 aliphatic heterocycles. The first-order chi connectivity index (χ1) is 9.06. The van der Waals surface area contributed by atoms with Crippen LogP contribution in [0.5, 0.6) is 0 Å². The minimum Gasteiger partial charge on any atom is -0.481 e. The van der Waals surface area contributed by atoms with Crippen molar-refractivity contribution in [2.75, 3.05) is 0 Å². The molecule has 19 heavy (non-hydrogen) atoms. The Kier molecular flexibility index (Phi) is 4.17. The van der Waals surface area contributed by atoms with Gasteiger partial charge < -0.3 is 5.11 Å². The summed E-state index contributed by atoms with van der Waals surface area (Å²) in [5, 5.41) is 9.61. The maximum atomic E-state index is 12.6. The Hall–Kier alpha value is -1.45. The van der Waals surface area contributed by atoms with Crippen LogP contribution >= 0.6 is 0 Å².